The molecule has 2 fully saturated rings. The van der Waals surface area contributed by atoms with Crippen molar-refractivity contribution in [3.63, 3.8) is 0 Å². The smallest absolute Gasteiger partial charge is 0.306 e. The molecule has 20 heavy (non-hydrogen) atoms. The largest absolute Gasteiger partial charge is 0.463 e. The van der Waals surface area contributed by atoms with E-state index in [1.807, 2.05) is 6.92 Å². The van der Waals surface area contributed by atoms with Crippen LogP contribution in [-0.2, 0) is 19.1 Å². The van der Waals surface area contributed by atoms with Gasteiger partial charge in [-0.1, -0.05) is 12.8 Å². The number of hydrogen-bond donors (Lipinski definition) is 0. The summed E-state index contributed by atoms with van der Waals surface area (Å²) < 4.78 is 5.29. The molecule has 0 aromatic carbocycles. The van der Waals surface area contributed by atoms with Crippen LogP contribution in [0.4, 0.5) is 0 Å². The number of Topliss-reactive ketones (excluding diaryl/α,β-unsaturated/α-hetero) is 2. The normalized spacial score (nSPS) is 33.6. The Kier molecular flexibility index (Phi) is 5.32. The molecule has 3 atom stereocenters. The highest BCUT2D eigenvalue weighted by molar-refractivity contribution is 5.92. The summed E-state index contributed by atoms with van der Waals surface area (Å²) in [6.45, 7) is 1.91. The first kappa shape index (κ1) is 15.2. The van der Waals surface area contributed by atoms with Gasteiger partial charge in [-0.05, 0) is 32.1 Å². The van der Waals surface area contributed by atoms with E-state index < -0.39 is 0 Å². The number of fused-ring (bicyclic) bond motifs is 1. The van der Waals surface area contributed by atoms with E-state index >= 15 is 0 Å². The Bertz CT molecular complexity index is 388. The summed E-state index contributed by atoms with van der Waals surface area (Å²) in [7, 11) is 0. The SMILES string of the molecule is C[C@H]1CCCCC[C@@H]2CC(=O)CC2C(=O)CCC(=O)O1. The van der Waals surface area contributed by atoms with Crippen molar-refractivity contribution in [2.45, 2.75) is 70.8 Å². The van der Waals surface area contributed by atoms with Crippen LogP contribution in [0.25, 0.3) is 0 Å². The van der Waals surface area contributed by atoms with Crippen LogP contribution in [0.2, 0.25) is 0 Å². The molecule has 1 unspecified atom stereocenters. The molecule has 2 rings (SSSR count). The predicted molar refractivity (Wildman–Crippen MR) is 74.1 cm³/mol. The fourth-order valence-corrected chi connectivity index (χ4v) is 3.38. The van der Waals surface area contributed by atoms with Gasteiger partial charge in [0.25, 0.3) is 0 Å². The van der Waals surface area contributed by atoms with Gasteiger partial charge in [0.15, 0.2) is 0 Å². The van der Waals surface area contributed by atoms with Gasteiger partial charge in [0.1, 0.15) is 11.6 Å². The molecular formula is C16H24O4. The van der Waals surface area contributed by atoms with E-state index in [1.165, 1.54) is 0 Å². The first-order valence-corrected chi connectivity index (χ1v) is 7.80. The Balaban J connectivity index is 2.00. The van der Waals surface area contributed by atoms with E-state index in [4.69, 9.17) is 4.74 Å². The minimum atomic E-state index is -0.286. The number of esters is 1. The van der Waals surface area contributed by atoms with Crippen LogP contribution >= 0.6 is 0 Å². The molecule has 0 bridgehead atoms. The van der Waals surface area contributed by atoms with Crippen molar-refractivity contribution >= 4 is 17.5 Å². The lowest BCUT2D eigenvalue weighted by molar-refractivity contribution is -0.149. The summed E-state index contributed by atoms with van der Waals surface area (Å²) in [5.74, 6) is 0.0602. The molecule has 0 N–H and O–H groups in total. The molecule has 4 heteroatoms. The minimum Gasteiger partial charge on any atom is -0.463 e. The van der Waals surface area contributed by atoms with Crippen LogP contribution in [0.15, 0.2) is 0 Å². The van der Waals surface area contributed by atoms with Crippen LogP contribution in [0, 0.1) is 11.8 Å². The molecule has 2 aliphatic rings. The van der Waals surface area contributed by atoms with Crippen molar-refractivity contribution in [2.24, 2.45) is 11.8 Å². The van der Waals surface area contributed by atoms with Crippen molar-refractivity contribution in [2.75, 3.05) is 0 Å². The van der Waals surface area contributed by atoms with Crippen LogP contribution in [-0.4, -0.2) is 23.6 Å². The second-order valence-electron chi connectivity index (χ2n) is 6.22. The molecular weight excluding hydrogens is 256 g/mol. The zero-order chi connectivity index (χ0) is 14.5. The number of cyclic esters (lactones) is 1. The van der Waals surface area contributed by atoms with Gasteiger partial charge in [0, 0.05) is 25.2 Å². The molecule has 1 saturated carbocycles. The average Bonchev–Trinajstić information content (AvgIpc) is 2.76. The second-order valence-corrected chi connectivity index (χ2v) is 6.22. The summed E-state index contributed by atoms with van der Waals surface area (Å²) in [6.07, 6.45) is 6.27. The zero-order valence-corrected chi connectivity index (χ0v) is 12.2. The number of hydrogen-bond acceptors (Lipinski definition) is 4. The van der Waals surface area contributed by atoms with Crippen molar-refractivity contribution in [1.82, 2.24) is 0 Å². The summed E-state index contributed by atoms with van der Waals surface area (Å²) >= 11 is 0. The van der Waals surface area contributed by atoms with Gasteiger partial charge < -0.3 is 4.74 Å². The van der Waals surface area contributed by atoms with E-state index in [9.17, 15) is 14.4 Å². The van der Waals surface area contributed by atoms with E-state index in [0.717, 1.165) is 32.1 Å². The van der Waals surface area contributed by atoms with Gasteiger partial charge in [-0.15, -0.1) is 0 Å². The lowest BCUT2D eigenvalue weighted by atomic mass is 9.86. The Labute approximate surface area is 120 Å². The lowest BCUT2D eigenvalue weighted by Gasteiger charge is -2.17. The molecule has 1 saturated heterocycles. The number of carbonyl (C=O) groups is 3. The third kappa shape index (κ3) is 4.15. The summed E-state index contributed by atoms with van der Waals surface area (Å²) in [6, 6.07) is 0. The maximum absolute atomic E-state index is 12.2. The number of carbonyl (C=O) groups excluding carboxylic acids is 3. The third-order valence-electron chi connectivity index (χ3n) is 4.51. The average molecular weight is 280 g/mol. The van der Waals surface area contributed by atoms with Crippen molar-refractivity contribution in [1.29, 1.82) is 0 Å². The fourth-order valence-electron chi connectivity index (χ4n) is 3.38. The molecule has 4 nitrogen and oxygen atoms in total. The van der Waals surface area contributed by atoms with Gasteiger partial charge in [0.05, 0.1) is 12.5 Å². The Morgan fingerprint density at radius 2 is 1.70 bits per heavy atom. The maximum Gasteiger partial charge on any atom is 0.306 e. The summed E-state index contributed by atoms with van der Waals surface area (Å²) in [5.41, 5.74) is 0. The van der Waals surface area contributed by atoms with Crippen molar-refractivity contribution in [3.8, 4) is 0 Å². The van der Waals surface area contributed by atoms with Crippen LogP contribution in [0.3, 0.4) is 0 Å². The van der Waals surface area contributed by atoms with Crippen molar-refractivity contribution < 1.29 is 19.1 Å². The second kappa shape index (κ2) is 7.00. The number of ether oxygens (including phenoxy) is 1. The zero-order valence-electron chi connectivity index (χ0n) is 12.2. The Morgan fingerprint density at radius 3 is 2.50 bits per heavy atom. The topological polar surface area (TPSA) is 60.4 Å². The van der Waals surface area contributed by atoms with Crippen LogP contribution in [0.5, 0.6) is 0 Å². The Morgan fingerprint density at radius 1 is 0.950 bits per heavy atom. The first-order chi connectivity index (χ1) is 9.56. The van der Waals surface area contributed by atoms with Gasteiger partial charge in [0.2, 0.25) is 0 Å². The quantitative estimate of drug-likeness (QED) is 0.640. The molecule has 112 valence electrons. The van der Waals surface area contributed by atoms with Gasteiger partial charge >= 0.3 is 5.97 Å². The Hall–Kier alpha value is -1.19. The van der Waals surface area contributed by atoms with E-state index in [-0.39, 0.29) is 48.3 Å². The van der Waals surface area contributed by atoms with Crippen LogP contribution < -0.4 is 0 Å². The molecule has 0 radical (unpaired) electrons. The third-order valence-corrected chi connectivity index (χ3v) is 4.51. The molecule has 0 aromatic heterocycles. The standard InChI is InChI=1S/C16H24O4/c1-11-5-3-2-4-6-12-9-13(17)10-14(12)15(18)7-8-16(19)20-11/h11-12,14H,2-10H2,1H3/t11-,12+,14?/m0/s1. The summed E-state index contributed by atoms with van der Waals surface area (Å²) in [4.78, 5) is 35.5. The van der Waals surface area contributed by atoms with E-state index in [1.54, 1.807) is 0 Å². The highest BCUT2D eigenvalue weighted by Crippen LogP contribution is 2.35. The molecule has 1 aliphatic carbocycles. The van der Waals surface area contributed by atoms with E-state index in [2.05, 4.69) is 0 Å². The molecule has 0 aromatic rings. The minimum absolute atomic E-state index is 0.0561. The van der Waals surface area contributed by atoms with Crippen molar-refractivity contribution in [3.05, 3.63) is 0 Å². The van der Waals surface area contributed by atoms with Crippen LogP contribution in [0.1, 0.15) is 64.7 Å². The molecule has 0 spiro atoms. The van der Waals surface area contributed by atoms with Gasteiger partial charge in [-0.3, -0.25) is 14.4 Å². The highest BCUT2D eigenvalue weighted by Gasteiger charge is 2.37. The fraction of sp³-hybridized carbons (Fsp3) is 0.812. The predicted octanol–water partition coefficient (Wildman–Crippen LogP) is 2.83. The maximum atomic E-state index is 12.2. The molecule has 1 aliphatic heterocycles. The van der Waals surface area contributed by atoms with E-state index in [0.29, 0.717) is 12.8 Å². The van der Waals surface area contributed by atoms with Gasteiger partial charge in [-0.2, -0.15) is 0 Å². The monoisotopic (exact) mass is 280 g/mol. The lowest BCUT2D eigenvalue weighted by Crippen LogP contribution is -2.21. The molecule has 0 amide bonds. The first-order valence-electron chi connectivity index (χ1n) is 7.80. The highest BCUT2D eigenvalue weighted by atomic mass is 16.5. The molecule has 1 heterocycles. The van der Waals surface area contributed by atoms with Gasteiger partial charge in [-0.25, -0.2) is 0 Å². The number of rotatable bonds is 0. The number of ketones is 2. The summed E-state index contributed by atoms with van der Waals surface area (Å²) in [5, 5.41) is 0.